The summed E-state index contributed by atoms with van der Waals surface area (Å²) in [5.41, 5.74) is 0.753. The first-order chi connectivity index (χ1) is 13.5. The molecule has 1 aromatic heterocycles. The lowest BCUT2D eigenvalue weighted by molar-refractivity contribution is -0.151. The lowest BCUT2D eigenvalue weighted by Gasteiger charge is -2.31. The Morgan fingerprint density at radius 2 is 2.04 bits per heavy atom. The molecule has 1 aromatic carbocycles. The number of thioether (sulfide) groups is 1. The Bertz CT molecular complexity index is 840. The number of hydrogen-bond acceptors (Lipinski definition) is 6. The van der Waals surface area contributed by atoms with Crippen LogP contribution in [0.5, 0.6) is 0 Å². The second kappa shape index (κ2) is 9.18. The van der Waals surface area contributed by atoms with Gasteiger partial charge in [0.25, 0.3) is 0 Å². The van der Waals surface area contributed by atoms with Gasteiger partial charge in [-0.25, -0.2) is 4.39 Å². The van der Waals surface area contributed by atoms with Crippen molar-refractivity contribution in [3.63, 3.8) is 0 Å². The lowest BCUT2D eigenvalue weighted by atomic mass is 9.98. The molecule has 0 aliphatic carbocycles. The first-order valence-electron chi connectivity index (χ1n) is 9.22. The van der Waals surface area contributed by atoms with E-state index in [-0.39, 0.29) is 29.4 Å². The normalized spacial score (nSPS) is 16.8. The number of aromatic nitrogens is 3. The molecule has 0 unspecified atom stereocenters. The molecule has 2 heterocycles. The molecule has 1 amide bonds. The number of ether oxygens (including phenoxy) is 1. The van der Waals surface area contributed by atoms with Crippen molar-refractivity contribution < 1.29 is 18.7 Å². The molecule has 2 aromatic rings. The summed E-state index contributed by atoms with van der Waals surface area (Å²) in [6.45, 7) is 3.18. The van der Waals surface area contributed by atoms with E-state index in [9.17, 15) is 14.0 Å². The third kappa shape index (κ3) is 4.70. The van der Waals surface area contributed by atoms with Crippen molar-refractivity contribution in [1.29, 1.82) is 0 Å². The summed E-state index contributed by atoms with van der Waals surface area (Å²) < 4.78 is 20.0. The van der Waals surface area contributed by atoms with Gasteiger partial charge < -0.3 is 14.2 Å². The van der Waals surface area contributed by atoms with Crippen LogP contribution in [0, 0.1) is 11.7 Å². The SMILES string of the molecule is CCOC(=O)[C@@H]1CCCN(C(=O)CSc2nnc(-c3ccc(F)cc3)n2C)C1. The zero-order valence-electron chi connectivity index (χ0n) is 15.9. The van der Waals surface area contributed by atoms with E-state index in [0.29, 0.717) is 30.7 Å². The lowest BCUT2D eigenvalue weighted by Crippen LogP contribution is -2.43. The maximum absolute atomic E-state index is 13.1. The van der Waals surface area contributed by atoms with Crippen LogP contribution in [-0.2, 0) is 21.4 Å². The van der Waals surface area contributed by atoms with Crippen LogP contribution in [0.1, 0.15) is 19.8 Å². The number of nitrogens with zero attached hydrogens (tertiary/aromatic N) is 4. The van der Waals surface area contributed by atoms with Gasteiger partial charge in [-0.15, -0.1) is 10.2 Å². The molecule has 0 N–H and O–H groups in total. The zero-order valence-corrected chi connectivity index (χ0v) is 16.7. The van der Waals surface area contributed by atoms with E-state index in [0.717, 1.165) is 18.4 Å². The Morgan fingerprint density at radius 3 is 2.75 bits per heavy atom. The van der Waals surface area contributed by atoms with Crippen LogP contribution in [-0.4, -0.2) is 57.0 Å². The molecule has 28 heavy (non-hydrogen) atoms. The number of carbonyl (C=O) groups excluding carboxylic acids is 2. The molecule has 1 fully saturated rings. The van der Waals surface area contributed by atoms with Gasteiger partial charge in [0.1, 0.15) is 5.82 Å². The number of amides is 1. The molecule has 0 bridgehead atoms. The molecule has 0 saturated carbocycles. The third-order valence-electron chi connectivity index (χ3n) is 4.66. The summed E-state index contributed by atoms with van der Waals surface area (Å²) in [5.74, 6) is -0.00728. The first-order valence-corrected chi connectivity index (χ1v) is 10.2. The van der Waals surface area contributed by atoms with Gasteiger partial charge in [-0.2, -0.15) is 0 Å². The predicted molar refractivity (Wildman–Crippen MR) is 103 cm³/mol. The molecule has 150 valence electrons. The van der Waals surface area contributed by atoms with Gasteiger partial charge in [-0.1, -0.05) is 11.8 Å². The van der Waals surface area contributed by atoms with E-state index < -0.39 is 0 Å². The average Bonchev–Trinajstić information content (AvgIpc) is 3.07. The van der Waals surface area contributed by atoms with Gasteiger partial charge in [0.05, 0.1) is 18.3 Å². The highest BCUT2D eigenvalue weighted by Crippen LogP contribution is 2.24. The summed E-state index contributed by atoms with van der Waals surface area (Å²) in [6.07, 6.45) is 1.54. The van der Waals surface area contributed by atoms with Gasteiger partial charge in [0.2, 0.25) is 5.91 Å². The molecule has 1 saturated heterocycles. The van der Waals surface area contributed by atoms with E-state index in [1.807, 2.05) is 7.05 Å². The minimum absolute atomic E-state index is 0.0367. The molecule has 1 aliphatic heterocycles. The average molecular weight is 406 g/mol. The number of benzene rings is 1. The van der Waals surface area contributed by atoms with E-state index >= 15 is 0 Å². The van der Waals surface area contributed by atoms with Gasteiger partial charge in [-0.05, 0) is 44.0 Å². The van der Waals surface area contributed by atoms with Crippen LogP contribution in [0.3, 0.4) is 0 Å². The number of carbonyl (C=O) groups is 2. The van der Waals surface area contributed by atoms with Crippen LogP contribution in [0.2, 0.25) is 0 Å². The van der Waals surface area contributed by atoms with Crippen LogP contribution in [0.15, 0.2) is 29.4 Å². The van der Waals surface area contributed by atoms with E-state index in [1.54, 1.807) is 28.5 Å². The maximum Gasteiger partial charge on any atom is 0.310 e. The largest absolute Gasteiger partial charge is 0.466 e. The molecule has 1 aliphatic rings. The van der Waals surface area contributed by atoms with E-state index in [2.05, 4.69) is 10.2 Å². The quantitative estimate of drug-likeness (QED) is 0.542. The van der Waals surface area contributed by atoms with Crippen molar-refractivity contribution >= 4 is 23.6 Å². The fourth-order valence-electron chi connectivity index (χ4n) is 3.16. The number of rotatable bonds is 6. The topological polar surface area (TPSA) is 77.3 Å². The Morgan fingerprint density at radius 1 is 1.29 bits per heavy atom. The van der Waals surface area contributed by atoms with Crippen LogP contribution in [0.4, 0.5) is 4.39 Å². The fourth-order valence-corrected chi connectivity index (χ4v) is 3.98. The minimum Gasteiger partial charge on any atom is -0.466 e. The van der Waals surface area contributed by atoms with Crippen molar-refractivity contribution in [2.45, 2.75) is 24.9 Å². The number of likely N-dealkylation sites (tertiary alicyclic amines) is 1. The first kappa shape index (κ1) is 20.3. The second-order valence-corrected chi connectivity index (χ2v) is 7.53. The molecule has 1 atom stereocenters. The maximum atomic E-state index is 13.1. The van der Waals surface area contributed by atoms with Crippen LogP contribution < -0.4 is 0 Å². The highest BCUT2D eigenvalue weighted by molar-refractivity contribution is 7.99. The molecule has 9 heteroatoms. The Balaban J connectivity index is 1.59. The standard InChI is InChI=1S/C19H23FN4O3S/c1-3-27-18(26)14-5-4-10-24(11-14)16(25)12-28-19-22-21-17(23(19)2)13-6-8-15(20)9-7-13/h6-9,14H,3-5,10-12H2,1-2H3/t14-/m1/s1. The Kier molecular flexibility index (Phi) is 6.66. The summed E-state index contributed by atoms with van der Waals surface area (Å²) in [7, 11) is 1.81. The summed E-state index contributed by atoms with van der Waals surface area (Å²) in [5, 5.41) is 8.89. The van der Waals surface area contributed by atoms with Gasteiger partial charge in [0, 0.05) is 25.7 Å². The summed E-state index contributed by atoms with van der Waals surface area (Å²) in [4.78, 5) is 26.2. The van der Waals surface area contributed by atoms with Crippen molar-refractivity contribution in [3.05, 3.63) is 30.1 Å². The number of esters is 1. The van der Waals surface area contributed by atoms with Crippen molar-refractivity contribution in [2.24, 2.45) is 13.0 Å². The van der Waals surface area contributed by atoms with E-state index in [4.69, 9.17) is 4.74 Å². The number of piperidine rings is 1. The minimum atomic E-state index is -0.311. The molecule has 0 radical (unpaired) electrons. The van der Waals surface area contributed by atoms with Crippen molar-refractivity contribution in [3.8, 4) is 11.4 Å². The summed E-state index contributed by atoms with van der Waals surface area (Å²) >= 11 is 1.30. The molecular formula is C19H23FN4O3S. The van der Waals surface area contributed by atoms with E-state index in [1.165, 1.54) is 23.9 Å². The number of hydrogen-bond donors (Lipinski definition) is 0. The highest BCUT2D eigenvalue weighted by Gasteiger charge is 2.29. The molecular weight excluding hydrogens is 383 g/mol. The van der Waals surface area contributed by atoms with Crippen LogP contribution >= 0.6 is 11.8 Å². The van der Waals surface area contributed by atoms with Crippen molar-refractivity contribution in [1.82, 2.24) is 19.7 Å². The summed E-state index contributed by atoms with van der Waals surface area (Å²) in [6, 6.07) is 6.03. The Hall–Kier alpha value is -2.42. The van der Waals surface area contributed by atoms with Crippen LogP contribution in [0.25, 0.3) is 11.4 Å². The molecule has 0 spiro atoms. The van der Waals surface area contributed by atoms with Gasteiger partial charge >= 0.3 is 5.97 Å². The third-order valence-corrected chi connectivity index (χ3v) is 5.66. The zero-order chi connectivity index (χ0) is 20.1. The van der Waals surface area contributed by atoms with Gasteiger partial charge in [-0.3, -0.25) is 9.59 Å². The fraction of sp³-hybridized carbons (Fsp3) is 0.474. The highest BCUT2D eigenvalue weighted by atomic mass is 32.2. The smallest absolute Gasteiger partial charge is 0.310 e. The van der Waals surface area contributed by atoms with Gasteiger partial charge in [0.15, 0.2) is 11.0 Å². The molecule has 7 nitrogen and oxygen atoms in total. The predicted octanol–water partition coefficient (Wildman–Crippen LogP) is 2.52. The molecule has 3 rings (SSSR count). The second-order valence-electron chi connectivity index (χ2n) is 6.59. The number of halogens is 1. The Labute approximate surface area is 167 Å². The monoisotopic (exact) mass is 406 g/mol. The van der Waals surface area contributed by atoms with Crippen molar-refractivity contribution in [2.75, 3.05) is 25.4 Å².